The van der Waals surface area contributed by atoms with Gasteiger partial charge in [-0.15, -0.1) is 16.8 Å². The van der Waals surface area contributed by atoms with Crippen molar-refractivity contribution in [1.29, 1.82) is 0 Å². The smallest absolute Gasteiger partial charge is 0.253 e. The number of thioether (sulfide) groups is 1. The molecule has 0 aliphatic carbocycles. The minimum absolute atomic E-state index is 0.208. The van der Waals surface area contributed by atoms with Gasteiger partial charge in [0.15, 0.2) is 11.0 Å². The Kier molecular flexibility index (Phi) is 7.61. The number of nitrogens with zero attached hydrogens (tertiary/aromatic N) is 3. The van der Waals surface area contributed by atoms with E-state index in [0.717, 1.165) is 16.5 Å². The molecule has 0 spiro atoms. The van der Waals surface area contributed by atoms with Gasteiger partial charge in [-0.1, -0.05) is 64.8 Å². The van der Waals surface area contributed by atoms with E-state index in [1.165, 1.54) is 6.07 Å². The fourth-order valence-electron chi connectivity index (χ4n) is 2.53. The summed E-state index contributed by atoms with van der Waals surface area (Å²) in [5, 5.41) is 13.5. The van der Waals surface area contributed by atoms with Gasteiger partial charge in [0.2, 0.25) is 0 Å². The van der Waals surface area contributed by atoms with Gasteiger partial charge in [0.05, 0.1) is 17.1 Å². The van der Waals surface area contributed by atoms with Crippen LogP contribution in [0.1, 0.15) is 21.7 Å². The molecule has 0 bridgehead atoms. The minimum atomic E-state index is -0.310. The Bertz CT molecular complexity index is 1020. The highest BCUT2D eigenvalue weighted by molar-refractivity contribution is 7.98. The van der Waals surface area contributed by atoms with E-state index in [2.05, 4.69) is 22.1 Å². The molecule has 9 heteroatoms. The molecule has 0 saturated heterocycles. The van der Waals surface area contributed by atoms with Gasteiger partial charge in [-0.05, 0) is 35.9 Å². The van der Waals surface area contributed by atoms with Gasteiger partial charge in [-0.3, -0.25) is 4.79 Å². The number of carbonyl (C=O) groups is 1. The van der Waals surface area contributed by atoms with Gasteiger partial charge >= 0.3 is 0 Å². The number of benzene rings is 2. The van der Waals surface area contributed by atoms with Crippen LogP contribution in [0.5, 0.6) is 0 Å². The van der Waals surface area contributed by atoms with Crippen LogP contribution in [0.4, 0.5) is 0 Å². The average Bonchev–Trinajstić information content (AvgIpc) is 3.08. The summed E-state index contributed by atoms with van der Waals surface area (Å²) in [7, 11) is 0. The second-order valence-corrected chi connectivity index (χ2v) is 8.24. The molecule has 5 nitrogen and oxygen atoms in total. The van der Waals surface area contributed by atoms with E-state index in [1.54, 1.807) is 30.0 Å². The first-order chi connectivity index (χ1) is 14.0. The van der Waals surface area contributed by atoms with Gasteiger partial charge in [-0.25, -0.2) is 0 Å². The Morgan fingerprint density at radius 1 is 1.10 bits per heavy atom. The van der Waals surface area contributed by atoms with Crippen molar-refractivity contribution < 1.29 is 4.79 Å². The van der Waals surface area contributed by atoms with Crippen LogP contribution in [0.2, 0.25) is 15.1 Å². The lowest BCUT2D eigenvalue weighted by molar-refractivity contribution is 0.0949. The van der Waals surface area contributed by atoms with Crippen molar-refractivity contribution in [2.24, 2.45) is 0 Å². The summed E-state index contributed by atoms with van der Waals surface area (Å²) in [6, 6.07) is 12.4. The number of allylic oxidation sites excluding steroid dienone is 1. The highest BCUT2D eigenvalue weighted by Crippen LogP contribution is 2.24. The van der Waals surface area contributed by atoms with E-state index < -0.39 is 0 Å². The fraction of sp³-hybridized carbons (Fsp3) is 0.150. The van der Waals surface area contributed by atoms with Crippen LogP contribution in [-0.2, 0) is 18.8 Å². The van der Waals surface area contributed by atoms with Crippen molar-refractivity contribution >= 4 is 52.5 Å². The summed E-state index contributed by atoms with van der Waals surface area (Å²) in [5.41, 5.74) is 1.47. The van der Waals surface area contributed by atoms with Crippen molar-refractivity contribution in [2.75, 3.05) is 0 Å². The van der Waals surface area contributed by atoms with Crippen molar-refractivity contribution in [3.8, 4) is 0 Å². The number of aromatic nitrogens is 3. The van der Waals surface area contributed by atoms with Gasteiger partial charge in [0.25, 0.3) is 5.91 Å². The van der Waals surface area contributed by atoms with Crippen molar-refractivity contribution in [2.45, 2.75) is 24.0 Å². The van der Waals surface area contributed by atoms with Crippen molar-refractivity contribution in [3.05, 3.63) is 87.1 Å². The third kappa shape index (κ3) is 5.76. The molecule has 0 saturated carbocycles. The second kappa shape index (κ2) is 10.2. The molecule has 1 heterocycles. The lowest BCUT2D eigenvalue weighted by atomic mass is 10.2. The average molecular weight is 468 g/mol. The van der Waals surface area contributed by atoms with Gasteiger partial charge in [0, 0.05) is 22.3 Å². The standard InChI is InChI=1S/C20H17Cl3N4OS/c1-2-9-27-18(11-24-19(28)16-8-7-15(22)10-17(16)23)25-26-20(27)29-12-13-3-5-14(21)6-4-13/h2-8,10H,1,9,11-12H2,(H,24,28). The third-order valence-electron chi connectivity index (χ3n) is 3.97. The first-order valence-electron chi connectivity index (χ1n) is 8.61. The molecule has 0 atom stereocenters. The maximum absolute atomic E-state index is 12.4. The zero-order chi connectivity index (χ0) is 20.8. The summed E-state index contributed by atoms with van der Waals surface area (Å²) in [4.78, 5) is 12.4. The number of rotatable bonds is 8. The molecule has 0 unspecified atom stereocenters. The number of hydrogen-bond donors (Lipinski definition) is 1. The quantitative estimate of drug-likeness (QED) is 0.344. The largest absolute Gasteiger partial charge is 0.345 e. The molecule has 29 heavy (non-hydrogen) atoms. The molecule has 2 aromatic carbocycles. The van der Waals surface area contributed by atoms with E-state index >= 15 is 0 Å². The van der Waals surface area contributed by atoms with E-state index in [4.69, 9.17) is 34.8 Å². The Balaban J connectivity index is 1.68. The van der Waals surface area contributed by atoms with E-state index in [9.17, 15) is 4.79 Å². The molecule has 0 fully saturated rings. The topological polar surface area (TPSA) is 59.8 Å². The molecule has 0 aliphatic heterocycles. The first-order valence-corrected chi connectivity index (χ1v) is 10.7. The third-order valence-corrected chi connectivity index (χ3v) is 5.81. The van der Waals surface area contributed by atoms with Crippen LogP contribution in [0.25, 0.3) is 0 Å². The number of carbonyl (C=O) groups excluding carboxylic acids is 1. The van der Waals surface area contributed by atoms with Crippen molar-refractivity contribution in [3.63, 3.8) is 0 Å². The number of halogens is 3. The SMILES string of the molecule is C=CCn1c(CNC(=O)c2ccc(Cl)cc2Cl)nnc1SCc1ccc(Cl)cc1. The highest BCUT2D eigenvalue weighted by Gasteiger charge is 2.15. The molecular weight excluding hydrogens is 451 g/mol. The number of nitrogens with one attached hydrogen (secondary N) is 1. The van der Waals surface area contributed by atoms with Gasteiger partial charge in [0.1, 0.15) is 0 Å². The maximum atomic E-state index is 12.4. The van der Waals surface area contributed by atoms with E-state index in [-0.39, 0.29) is 12.5 Å². The fourth-order valence-corrected chi connectivity index (χ4v) is 4.07. The summed E-state index contributed by atoms with van der Waals surface area (Å²) in [5.74, 6) is 1.04. The molecule has 1 N–H and O–H groups in total. The molecule has 3 rings (SSSR count). The number of hydrogen-bond acceptors (Lipinski definition) is 4. The molecule has 0 radical (unpaired) electrons. The van der Waals surface area contributed by atoms with Crippen LogP contribution in [0, 0.1) is 0 Å². The summed E-state index contributed by atoms with van der Waals surface area (Å²) >= 11 is 19.5. The molecular formula is C20H17Cl3N4OS. The van der Waals surface area contributed by atoms with Gasteiger partial charge in [-0.2, -0.15) is 0 Å². The summed E-state index contributed by atoms with van der Waals surface area (Å²) < 4.78 is 1.91. The zero-order valence-electron chi connectivity index (χ0n) is 15.2. The molecule has 0 aliphatic rings. The van der Waals surface area contributed by atoms with Crippen LogP contribution in [-0.4, -0.2) is 20.7 Å². The molecule has 1 amide bonds. The minimum Gasteiger partial charge on any atom is -0.345 e. The lowest BCUT2D eigenvalue weighted by Gasteiger charge is -2.10. The Labute approximate surface area is 188 Å². The Morgan fingerprint density at radius 3 is 2.52 bits per heavy atom. The van der Waals surface area contributed by atoms with Crippen LogP contribution >= 0.6 is 46.6 Å². The van der Waals surface area contributed by atoms with Crippen LogP contribution in [0.3, 0.4) is 0 Å². The first kappa shape index (κ1) is 21.7. The highest BCUT2D eigenvalue weighted by atomic mass is 35.5. The Hall–Kier alpha value is -1.99. The molecule has 1 aromatic heterocycles. The second-order valence-electron chi connectivity index (χ2n) is 6.02. The summed E-state index contributed by atoms with van der Waals surface area (Å²) in [6.45, 7) is 4.53. The predicted molar refractivity (Wildman–Crippen MR) is 119 cm³/mol. The zero-order valence-corrected chi connectivity index (χ0v) is 18.3. The maximum Gasteiger partial charge on any atom is 0.253 e. The summed E-state index contributed by atoms with van der Waals surface area (Å²) in [6.07, 6.45) is 1.76. The monoisotopic (exact) mass is 466 g/mol. The normalized spacial score (nSPS) is 10.7. The Morgan fingerprint density at radius 2 is 1.83 bits per heavy atom. The van der Waals surface area contributed by atoms with Gasteiger partial charge < -0.3 is 9.88 Å². The van der Waals surface area contributed by atoms with E-state index in [0.29, 0.717) is 33.0 Å². The number of amides is 1. The molecule has 3 aromatic rings. The van der Waals surface area contributed by atoms with E-state index in [1.807, 2.05) is 28.8 Å². The van der Waals surface area contributed by atoms with Crippen LogP contribution in [0.15, 0.2) is 60.3 Å². The predicted octanol–water partition coefficient (Wildman–Crippen LogP) is 5.65. The van der Waals surface area contributed by atoms with Crippen LogP contribution < -0.4 is 5.32 Å². The van der Waals surface area contributed by atoms with Crippen molar-refractivity contribution in [1.82, 2.24) is 20.1 Å². The molecule has 150 valence electrons. The lowest BCUT2D eigenvalue weighted by Crippen LogP contribution is -2.25.